The second kappa shape index (κ2) is 4.25. The molecular formula is C10H12N2O3S. The van der Waals surface area contributed by atoms with E-state index in [9.17, 15) is 8.42 Å². The van der Waals surface area contributed by atoms with E-state index < -0.39 is 10.0 Å². The molecule has 1 atom stereocenters. The molecule has 0 radical (unpaired) electrons. The molecule has 86 valence electrons. The predicted octanol–water partition coefficient (Wildman–Crippen LogP) is 0.294. The summed E-state index contributed by atoms with van der Waals surface area (Å²) in [4.78, 5) is 5.28. The average molecular weight is 240 g/mol. The van der Waals surface area contributed by atoms with Crippen LogP contribution in [0.25, 0.3) is 0 Å². The van der Waals surface area contributed by atoms with Gasteiger partial charge in [-0.3, -0.25) is 10.3 Å². The summed E-state index contributed by atoms with van der Waals surface area (Å²) < 4.78 is 22.7. The Hall–Kier alpha value is -1.37. The van der Waals surface area contributed by atoms with E-state index in [1.807, 2.05) is 6.08 Å². The molecule has 1 aromatic carbocycles. The Balaban J connectivity index is 2.30. The van der Waals surface area contributed by atoms with Gasteiger partial charge in [0.2, 0.25) is 10.0 Å². The van der Waals surface area contributed by atoms with Gasteiger partial charge >= 0.3 is 0 Å². The van der Waals surface area contributed by atoms with Crippen LogP contribution >= 0.6 is 0 Å². The van der Waals surface area contributed by atoms with Gasteiger partial charge in [0.15, 0.2) is 0 Å². The Morgan fingerprint density at radius 2 is 2.12 bits per heavy atom. The zero-order chi connectivity index (χ0) is 11.6. The maximum Gasteiger partial charge on any atom is 0.238 e. The summed E-state index contributed by atoms with van der Waals surface area (Å²) in [5.41, 5.74) is 3.25. The van der Waals surface area contributed by atoms with Crippen molar-refractivity contribution in [3.05, 3.63) is 42.1 Å². The molecule has 3 N–H and O–H groups in total. The van der Waals surface area contributed by atoms with Crippen molar-refractivity contribution >= 4 is 10.0 Å². The third-order valence-corrected chi connectivity index (χ3v) is 3.31. The van der Waals surface area contributed by atoms with Crippen molar-refractivity contribution in [3.8, 4) is 0 Å². The van der Waals surface area contributed by atoms with E-state index in [1.54, 1.807) is 24.4 Å². The normalized spacial score (nSPS) is 19.7. The largest absolute Gasteiger partial charge is 0.274 e. The predicted molar refractivity (Wildman–Crippen MR) is 58.7 cm³/mol. The molecule has 0 spiro atoms. The van der Waals surface area contributed by atoms with Gasteiger partial charge in [-0.15, -0.1) is 0 Å². The van der Waals surface area contributed by atoms with Gasteiger partial charge in [-0.2, -0.15) is 0 Å². The van der Waals surface area contributed by atoms with Crippen molar-refractivity contribution in [1.29, 1.82) is 0 Å². The molecule has 0 saturated carbocycles. The molecule has 2 rings (SSSR count). The Bertz CT molecular complexity index is 511. The summed E-state index contributed by atoms with van der Waals surface area (Å²) in [5.74, 6) is 0. The summed E-state index contributed by atoms with van der Waals surface area (Å²) in [6, 6.07) is 6.65. The molecule has 0 aliphatic carbocycles. The SMILES string of the molecule is NS(=O)(=O)c1ccccc1CC1C=CNO1. The fourth-order valence-corrected chi connectivity index (χ4v) is 2.37. The lowest BCUT2D eigenvalue weighted by Crippen LogP contribution is -2.18. The second-order valence-electron chi connectivity index (χ2n) is 3.49. The molecule has 6 heteroatoms. The maximum absolute atomic E-state index is 11.3. The van der Waals surface area contributed by atoms with Crippen LogP contribution in [-0.4, -0.2) is 14.5 Å². The summed E-state index contributed by atoms with van der Waals surface area (Å²) in [7, 11) is -3.68. The molecule has 0 amide bonds. The molecule has 0 aromatic heterocycles. The van der Waals surface area contributed by atoms with Crippen molar-refractivity contribution in [3.63, 3.8) is 0 Å². The topological polar surface area (TPSA) is 81.4 Å². The highest BCUT2D eigenvalue weighted by Crippen LogP contribution is 2.17. The number of hydroxylamine groups is 1. The third-order valence-electron chi connectivity index (χ3n) is 2.30. The number of rotatable bonds is 3. The Morgan fingerprint density at radius 1 is 1.38 bits per heavy atom. The van der Waals surface area contributed by atoms with Crippen LogP contribution in [0.4, 0.5) is 0 Å². The van der Waals surface area contributed by atoms with E-state index in [2.05, 4.69) is 5.48 Å². The second-order valence-corrected chi connectivity index (χ2v) is 5.02. The van der Waals surface area contributed by atoms with Crippen LogP contribution in [0.1, 0.15) is 5.56 Å². The van der Waals surface area contributed by atoms with Crippen LogP contribution < -0.4 is 10.6 Å². The highest BCUT2D eigenvalue weighted by atomic mass is 32.2. The smallest absolute Gasteiger partial charge is 0.238 e. The number of sulfonamides is 1. The summed E-state index contributed by atoms with van der Waals surface area (Å²) >= 11 is 0. The van der Waals surface area contributed by atoms with Crippen LogP contribution in [0, 0.1) is 0 Å². The van der Waals surface area contributed by atoms with E-state index in [0.717, 1.165) is 0 Å². The Morgan fingerprint density at radius 3 is 2.75 bits per heavy atom. The van der Waals surface area contributed by atoms with Crippen molar-refractivity contribution in [1.82, 2.24) is 5.48 Å². The van der Waals surface area contributed by atoms with Gasteiger partial charge in [-0.1, -0.05) is 18.2 Å². The lowest BCUT2D eigenvalue weighted by atomic mass is 10.1. The molecular weight excluding hydrogens is 228 g/mol. The van der Waals surface area contributed by atoms with Crippen molar-refractivity contribution in [2.24, 2.45) is 5.14 Å². The van der Waals surface area contributed by atoms with Crippen LogP contribution in [-0.2, 0) is 21.3 Å². The first-order valence-electron chi connectivity index (χ1n) is 4.76. The Kier molecular flexibility index (Phi) is 2.95. The molecule has 0 saturated heterocycles. The average Bonchev–Trinajstić information content (AvgIpc) is 2.70. The molecule has 0 fully saturated rings. The molecule has 1 aliphatic heterocycles. The van der Waals surface area contributed by atoms with Crippen LogP contribution in [0.5, 0.6) is 0 Å². The van der Waals surface area contributed by atoms with E-state index in [4.69, 9.17) is 9.98 Å². The quantitative estimate of drug-likeness (QED) is 0.796. The third kappa shape index (κ3) is 2.41. The van der Waals surface area contributed by atoms with E-state index >= 15 is 0 Å². The lowest BCUT2D eigenvalue weighted by Gasteiger charge is -2.10. The summed E-state index contributed by atoms with van der Waals surface area (Å²) in [6.45, 7) is 0. The number of hydrogen-bond donors (Lipinski definition) is 2. The minimum atomic E-state index is -3.68. The highest BCUT2D eigenvalue weighted by Gasteiger charge is 2.17. The number of primary sulfonamides is 1. The van der Waals surface area contributed by atoms with Gasteiger partial charge < -0.3 is 0 Å². The molecule has 1 heterocycles. The van der Waals surface area contributed by atoms with Crippen LogP contribution in [0.2, 0.25) is 0 Å². The number of nitrogens with one attached hydrogen (secondary N) is 1. The first-order chi connectivity index (χ1) is 7.57. The number of nitrogens with two attached hydrogens (primary N) is 1. The Labute approximate surface area is 93.9 Å². The first kappa shape index (κ1) is 11.1. The van der Waals surface area contributed by atoms with Gasteiger partial charge in [0, 0.05) is 12.6 Å². The fourth-order valence-electron chi connectivity index (χ4n) is 1.59. The zero-order valence-corrected chi connectivity index (χ0v) is 9.28. The minimum Gasteiger partial charge on any atom is -0.274 e. The molecule has 1 aromatic rings. The summed E-state index contributed by atoms with van der Waals surface area (Å²) in [6.07, 6.45) is 3.79. The number of hydrogen-bond acceptors (Lipinski definition) is 4. The van der Waals surface area contributed by atoms with E-state index in [0.29, 0.717) is 12.0 Å². The molecule has 1 aliphatic rings. The van der Waals surface area contributed by atoms with Crippen molar-refractivity contribution in [2.45, 2.75) is 17.4 Å². The summed E-state index contributed by atoms with van der Waals surface area (Å²) in [5, 5.41) is 5.13. The van der Waals surface area contributed by atoms with Gasteiger partial charge in [0.1, 0.15) is 6.10 Å². The van der Waals surface area contributed by atoms with Gasteiger partial charge in [0.05, 0.1) is 4.90 Å². The molecule has 0 bridgehead atoms. The standard InChI is InChI=1S/C10H12N2O3S/c11-16(13,14)10-4-2-1-3-8(10)7-9-5-6-12-15-9/h1-6,9,12H,7H2,(H2,11,13,14). The van der Waals surface area contributed by atoms with Gasteiger partial charge in [0.25, 0.3) is 0 Å². The maximum atomic E-state index is 11.3. The van der Waals surface area contributed by atoms with Crippen molar-refractivity contribution in [2.75, 3.05) is 0 Å². The van der Waals surface area contributed by atoms with E-state index in [1.165, 1.54) is 6.07 Å². The molecule has 5 nitrogen and oxygen atoms in total. The zero-order valence-electron chi connectivity index (χ0n) is 8.46. The molecule has 16 heavy (non-hydrogen) atoms. The molecule has 1 unspecified atom stereocenters. The first-order valence-corrected chi connectivity index (χ1v) is 6.30. The highest BCUT2D eigenvalue weighted by molar-refractivity contribution is 7.89. The fraction of sp³-hybridized carbons (Fsp3) is 0.200. The van der Waals surface area contributed by atoms with Crippen molar-refractivity contribution < 1.29 is 13.3 Å². The van der Waals surface area contributed by atoms with Gasteiger partial charge in [-0.25, -0.2) is 13.6 Å². The van der Waals surface area contributed by atoms with Crippen LogP contribution in [0.15, 0.2) is 41.4 Å². The lowest BCUT2D eigenvalue weighted by molar-refractivity contribution is 0.0476. The number of benzene rings is 1. The van der Waals surface area contributed by atoms with Crippen LogP contribution in [0.3, 0.4) is 0 Å². The van der Waals surface area contributed by atoms with E-state index in [-0.39, 0.29) is 11.0 Å². The monoisotopic (exact) mass is 240 g/mol. The minimum absolute atomic E-state index is 0.152. The van der Waals surface area contributed by atoms with Gasteiger partial charge in [-0.05, 0) is 17.7 Å².